The zero-order chi connectivity index (χ0) is 23.6. The Morgan fingerprint density at radius 1 is 1.09 bits per heavy atom. The molecule has 2 aromatic carbocycles. The van der Waals surface area contributed by atoms with Crippen molar-refractivity contribution >= 4 is 5.91 Å². The van der Waals surface area contributed by atoms with Crippen LogP contribution in [-0.2, 0) is 12.7 Å². The van der Waals surface area contributed by atoms with Gasteiger partial charge in [-0.25, -0.2) is 9.18 Å². The molecule has 1 aromatic heterocycles. The molecule has 0 radical (unpaired) electrons. The number of halogens is 4. The quantitative estimate of drug-likeness (QED) is 0.606. The molecule has 0 atom stereocenters. The van der Waals surface area contributed by atoms with Crippen molar-refractivity contribution in [3.8, 4) is 5.69 Å². The number of alkyl halides is 3. The molecule has 0 saturated carbocycles. The average molecular weight is 450 g/mol. The maximum absolute atomic E-state index is 13.2. The number of rotatable bonds is 5. The smallest absolute Gasteiger partial charge is 0.348 e. The number of nitrogens with one attached hydrogen (secondary N) is 1. The summed E-state index contributed by atoms with van der Waals surface area (Å²) in [6.07, 6.45) is -4.68. The van der Waals surface area contributed by atoms with Crippen LogP contribution < -0.4 is 16.6 Å². The molecule has 0 unspecified atom stereocenters. The van der Waals surface area contributed by atoms with Gasteiger partial charge in [-0.3, -0.25) is 14.2 Å². The predicted octanol–water partition coefficient (Wildman–Crippen LogP) is 2.74. The summed E-state index contributed by atoms with van der Waals surface area (Å²) in [5.41, 5.74) is -3.70. The second-order valence-electron chi connectivity index (χ2n) is 7.24. The summed E-state index contributed by atoms with van der Waals surface area (Å²) >= 11 is 0. The van der Waals surface area contributed by atoms with Gasteiger partial charge in [-0.05, 0) is 49.7 Å². The first-order valence-electron chi connectivity index (χ1n) is 9.44. The van der Waals surface area contributed by atoms with E-state index in [1.165, 1.54) is 18.2 Å². The minimum atomic E-state index is -4.68. The lowest BCUT2D eigenvalue weighted by molar-refractivity contribution is -0.137. The average Bonchev–Trinajstić information content (AvgIpc) is 2.71. The molecule has 32 heavy (non-hydrogen) atoms. The fraction of sp³-hybridized carbons (Fsp3) is 0.238. The summed E-state index contributed by atoms with van der Waals surface area (Å²) in [4.78, 5) is 38.4. The molecule has 0 bridgehead atoms. The molecular weight excluding hydrogens is 432 g/mol. The third-order valence-corrected chi connectivity index (χ3v) is 4.37. The Bertz CT molecular complexity index is 1260. The summed E-state index contributed by atoms with van der Waals surface area (Å²) in [5.74, 6) is -1.42. The highest BCUT2D eigenvalue weighted by Gasteiger charge is 2.31. The number of hydrogen-bond donors (Lipinski definition) is 1. The van der Waals surface area contributed by atoms with Gasteiger partial charge in [-0.15, -0.1) is 0 Å². The fourth-order valence-electron chi connectivity index (χ4n) is 2.88. The van der Waals surface area contributed by atoms with Crippen LogP contribution in [0.1, 0.15) is 35.5 Å². The topological polar surface area (TPSA) is 86.0 Å². The number of aromatic nitrogens is 3. The molecule has 0 saturated heterocycles. The molecule has 168 valence electrons. The van der Waals surface area contributed by atoms with Crippen LogP contribution >= 0.6 is 0 Å². The van der Waals surface area contributed by atoms with Gasteiger partial charge >= 0.3 is 11.9 Å². The van der Waals surface area contributed by atoms with Crippen molar-refractivity contribution in [3.63, 3.8) is 0 Å². The van der Waals surface area contributed by atoms with Crippen molar-refractivity contribution in [1.82, 2.24) is 19.7 Å². The Labute approximate surface area is 178 Å². The van der Waals surface area contributed by atoms with Crippen LogP contribution in [-0.4, -0.2) is 26.3 Å². The minimum absolute atomic E-state index is 0.281. The number of carbonyl (C=O) groups is 1. The molecule has 0 spiro atoms. The molecule has 3 rings (SSSR count). The number of amides is 1. The van der Waals surface area contributed by atoms with Gasteiger partial charge in [0.1, 0.15) is 5.82 Å². The summed E-state index contributed by atoms with van der Waals surface area (Å²) in [6.45, 7) is 2.93. The van der Waals surface area contributed by atoms with E-state index in [1.54, 1.807) is 13.8 Å². The van der Waals surface area contributed by atoms with E-state index >= 15 is 0 Å². The predicted molar refractivity (Wildman–Crippen MR) is 107 cm³/mol. The van der Waals surface area contributed by atoms with E-state index in [0.717, 1.165) is 24.3 Å². The maximum Gasteiger partial charge on any atom is 0.416 e. The van der Waals surface area contributed by atoms with Crippen molar-refractivity contribution in [3.05, 3.63) is 92.0 Å². The van der Waals surface area contributed by atoms with Crippen LogP contribution in [0.4, 0.5) is 17.6 Å². The van der Waals surface area contributed by atoms with Crippen molar-refractivity contribution in [2.75, 3.05) is 0 Å². The summed E-state index contributed by atoms with van der Waals surface area (Å²) in [6, 6.07) is 8.33. The van der Waals surface area contributed by atoms with E-state index in [2.05, 4.69) is 10.4 Å². The van der Waals surface area contributed by atoms with Crippen LogP contribution in [0.25, 0.3) is 5.69 Å². The molecular formula is C21H18F4N4O3. The standard InChI is InChI=1S/C21H18F4N4O3/c1-12(2)26-18(30)17-19(31)28(11-13-6-8-15(22)9-7-13)20(32)29(27-17)16-5-3-4-14(10-16)21(23,24)25/h3-10,12H,11H2,1-2H3,(H,26,30). The van der Waals surface area contributed by atoms with E-state index in [1.807, 2.05) is 0 Å². The zero-order valence-electron chi connectivity index (χ0n) is 17.0. The first-order chi connectivity index (χ1) is 15.0. The molecule has 0 aliphatic heterocycles. The normalized spacial score (nSPS) is 11.6. The van der Waals surface area contributed by atoms with Crippen molar-refractivity contribution in [2.45, 2.75) is 32.6 Å². The van der Waals surface area contributed by atoms with Gasteiger partial charge in [-0.1, -0.05) is 18.2 Å². The first kappa shape index (κ1) is 22.9. The molecule has 0 fully saturated rings. The van der Waals surface area contributed by atoms with E-state index in [-0.39, 0.29) is 18.3 Å². The number of carbonyl (C=O) groups excluding carboxylic acids is 1. The second-order valence-corrected chi connectivity index (χ2v) is 7.24. The molecule has 1 amide bonds. The third-order valence-electron chi connectivity index (χ3n) is 4.37. The lowest BCUT2D eigenvalue weighted by Crippen LogP contribution is -2.46. The monoisotopic (exact) mass is 450 g/mol. The van der Waals surface area contributed by atoms with Crippen molar-refractivity contribution in [1.29, 1.82) is 0 Å². The van der Waals surface area contributed by atoms with Gasteiger partial charge in [0.05, 0.1) is 17.8 Å². The van der Waals surface area contributed by atoms with Crippen LogP contribution in [0, 0.1) is 5.82 Å². The Balaban J connectivity index is 2.23. The Hall–Kier alpha value is -3.76. The maximum atomic E-state index is 13.2. The van der Waals surface area contributed by atoms with Gasteiger partial charge in [0.25, 0.3) is 11.5 Å². The number of hydrogen-bond acceptors (Lipinski definition) is 4. The van der Waals surface area contributed by atoms with Crippen LogP contribution in [0.5, 0.6) is 0 Å². The van der Waals surface area contributed by atoms with Gasteiger partial charge in [-0.2, -0.15) is 23.0 Å². The van der Waals surface area contributed by atoms with E-state index < -0.39 is 40.4 Å². The largest absolute Gasteiger partial charge is 0.416 e. The summed E-state index contributed by atoms with van der Waals surface area (Å²) < 4.78 is 53.9. The van der Waals surface area contributed by atoms with E-state index in [9.17, 15) is 31.9 Å². The Morgan fingerprint density at radius 2 is 1.75 bits per heavy atom. The highest BCUT2D eigenvalue weighted by Crippen LogP contribution is 2.29. The molecule has 0 aliphatic carbocycles. The molecule has 3 aromatic rings. The second kappa shape index (κ2) is 8.77. The first-order valence-corrected chi connectivity index (χ1v) is 9.44. The van der Waals surface area contributed by atoms with Gasteiger partial charge < -0.3 is 5.32 Å². The third kappa shape index (κ3) is 4.93. The molecule has 7 nitrogen and oxygen atoms in total. The number of benzene rings is 2. The van der Waals surface area contributed by atoms with Crippen molar-refractivity contribution < 1.29 is 22.4 Å². The minimum Gasteiger partial charge on any atom is -0.348 e. The van der Waals surface area contributed by atoms with Gasteiger partial charge in [0.2, 0.25) is 5.69 Å². The highest BCUT2D eigenvalue weighted by atomic mass is 19.4. The SMILES string of the molecule is CC(C)NC(=O)c1nn(-c2cccc(C(F)(F)F)c2)c(=O)n(Cc2ccc(F)cc2)c1=O. The van der Waals surface area contributed by atoms with Crippen LogP contribution in [0.3, 0.4) is 0 Å². The lowest BCUT2D eigenvalue weighted by Gasteiger charge is -2.14. The van der Waals surface area contributed by atoms with Crippen LogP contribution in [0.15, 0.2) is 58.1 Å². The summed E-state index contributed by atoms with van der Waals surface area (Å²) in [7, 11) is 0. The molecule has 0 aliphatic rings. The zero-order valence-corrected chi connectivity index (χ0v) is 17.0. The van der Waals surface area contributed by atoms with Crippen LogP contribution in [0.2, 0.25) is 0 Å². The highest BCUT2D eigenvalue weighted by molar-refractivity contribution is 5.91. The molecule has 11 heteroatoms. The van der Waals surface area contributed by atoms with Gasteiger partial charge in [0.15, 0.2) is 0 Å². The lowest BCUT2D eigenvalue weighted by atomic mass is 10.2. The number of nitrogens with zero attached hydrogens (tertiary/aromatic N) is 3. The molecule has 1 N–H and O–H groups in total. The molecule has 1 heterocycles. The Morgan fingerprint density at radius 3 is 2.34 bits per heavy atom. The van der Waals surface area contributed by atoms with E-state index in [0.29, 0.717) is 20.9 Å². The Kier molecular flexibility index (Phi) is 6.28. The summed E-state index contributed by atoms with van der Waals surface area (Å²) in [5, 5.41) is 6.24. The van der Waals surface area contributed by atoms with Gasteiger partial charge in [0, 0.05) is 6.04 Å². The van der Waals surface area contributed by atoms with Crippen molar-refractivity contribution in [2.24, 2.45) is 0 Å². The fourth-order valence-corrected chi connectivity index (χ4v) is 2.88. The van der Waals surface area contributed by atoms with E-state index in [4.69, 9.17) is 0 Å².